The van der Waals surface area contributed by atoms with Gasteiger partial charge in [0.05, 0.1) is 5.25 Å². The van der Waals surface area contributed by atoms with Gasteiger partial charge in [-0.1, -0.05) is 23.7 Å². The first kappa shape index (κ1) is 14.6. The molecule has 0 fully saturated rings. The van der Waals surface area contributed by atoms with Gasteiger partial charge in [0.25, 0.3) is 0 Å². The van der Waals surface area contributed by atoms with Gasteiger partial charge in [-0.05, 0) is 31.2 Å². The molecule has 1 unspecified atom stereocenters. The molecule has 0 bridgehead atoms. The molecule has 0 aromatic heterocycles. The number of hydrogen-bond acceptors (Lipinski definition) is 3. The minimum absolute atomic E-state index is 0.0367. The van der Waals surface area contributed by atoms with Crippen LogP contribution in [0.2, 0.25) is 5.02 Å². The number of Topliss-reactive ketones (excluding diaryl/α,β-unsaturated/α-hetero) is 1. The van der Waals surface area contributed by atoms with Crippen molar-refractivity contribution in [2.45, 2.75) is 18.6 Å². The van der Waals surface area contributed by atoms with Gasteiger partial charge < -0.3 is 4.74 Å². The number of carbonyl (C=O) groups is 1. The van der Waals surface area contributed by atoms with E-state index in [0.717, 1.165) is 18.8 Å². The van der Waals surface area contributed by atoms with E-state index in [9.17, 15) is 4.79 Å². The lowest BCUT2D eigenvalue weighted by molar-refractivity contribution is 0.0994. The maximum atomic E-state index is 12.0. The molecule has 0 aliphatic rings. The van der Waals surface area contributed by atoms with Crippen molar-refractivity contribution in [1.29, 1.82) is 0 Å². The van der Waals surface area contributed by atoms with Gasteiger partial charge in [-0.2, -0.15) is 11.8 Å². The summed E-state index contributed by atoms with van der Waals surface area (Å²) in [5.41, 5.74) is 0.684. The molecule has 0 saturated heterocycles. The molecule has 1 aromatic carbocycles. The van der Waals surface area contributed by atoms with Crippen LogP contribution in [0, 0.1) is 0 Å². The molecule has 1 atom stereocenters. The molecule has 4 heteroatoms. The lowest BCUT2D eigenvalue weighted by Crippen LogP contribution is -2.14. The number of benzene rings is 1. The third-order valence-corrected chi connectivity index (χ3v) is 3.81. The van der Waals surface area contributed by atoms with Crippen LogP contribution < -0.4 is 0 Å². The van der Waals surface area contributed by atoms with E-state index in [1.807, 2.05) is 6.92 Å². The first-order chi connectivity index (χ1) is 8.15. The Morgan fingerprint density at radius 2 is 2.29 bits per heavy atom. The zero-order valence-corrected chi connectivity index (χ0v) is 11.7. The summed E-state index contributed by atoms with van der Waals surface area (Å²) in [6, 6.07) is 7.10. The Morgan fingerprint density at radius 1 is 1.53 bits per heavy atom. The normalized spacial score (nSPS) is 12.4. The van der Waals surface area contributed by atoms with Crippen LogP contribution in [0.3, 0.4) is 0 Å². The van der Waals surface area contributed by atoms with E-state index in [2.05, 4.69) is 0 Å². The predicted molar refractivity (Wildman–Crippen MR) is 74.2 cm³/mol. The van der Waals surface area contributed by atoms with Gasteiger partial charge in [0.2, 0.25) is 0 Å². The molecule has 1 rings (SSSR count). The first-order valence-corrected chi connectivity index (χ1v) is 6.98. The maximum absolute atomic E-state index is 12.0. The lowest BCUT2D eigenvalue weighted by Gasteiger charge is -2.10. The molecule has 0 radical (unpaired) electrons. The minimum atomic E-state index is -0.0367. The number of carbonyl (C=O) groups excluding carboxylic acids is 1. The van der Waals surface area contributed by atoms with Gasteiger partial charge in [0.1, 0.15) is 0 Å². The number of ketones is 1. The largest absolute Gasteiger partial charge is 0.385 e. The minimum Gasteiger partial charge on any atom is -0.385 e. The highest BCUT2D eigenvalue weighted by molar-refractivity contribution is 8.00. The van der Waals surface area contributed by atoms with Gasteiger partial charge in [-0.15, -0.1) is 0 Å². The van der Waals surface area contributed by atoms with E-state index in [1.165, 1.54) is 0 Å². The lowest BCUT2D eigenvalue weighted by atomic mass is 10.1. The Bertz CT molecular complexity index is 368. The third kappa shape index (κ3) is 5.11. The Kier molecular flexibility index (Phi) is 6.63. The van der Waals surface area contributed by atoms with Crippen molar-refractivity contribution in [3.05, 3.63) is 34.9 Å². The Morgan fingerprint density at radius 3 is 2.94 bits per heavy atom. The molecule has 0 aliphatic heterocycles. The fourth-order valence-corrected chi connectivity index (χ4v) is 2.53. The monoisotopic (exact) mass is 272 g/mol. The van der Waals surface area contributed by atoms with E-state index in [4.69, 9.17) is 16.3 Å². The summed E-state index contributed by atoms with van der Waals surface area (Å²) in [7, 11) is 1.69. The van der Waals surface area contributed by atoms with Crippen molar-refractivity contribution < 1.29 is 9.53 Å². The second-order valence-corrected chi connectivity index (χ2v) is 5.62. The van der Waals surface area contributed by atoms with Crippen molar-refractivity contribution in [2.75, 3.05) is 19.5 Å². The number of methoxy groups -OCH3 is 1. The average molecular weight is 273 g/mol. The molecule has 0 amide bonds. The summed E-state index contributed by atoms with van der Waals surface area (Å²) in [5, 5.41) is 0.567. The fourth-order valence-electron chi connectivity index (χ4n) is 1.42. The highest BCUT2D eigenvalue weighted by atomic mass is 35.5. The van der Waals surface area contributed by atoms with Crippen LogP contribution in [-0.2, 0) is 4.74 Å². The topological polar surface area (TPSA) is 26.3 Å². The van der Waals surface area contributed by atoms with Crippen LogP contribution in [0.25, 0.3) is 0 Å². The summed E-state index contributed by atoms with van der Waals surface area (Å²) in [4.78, 5) is 12.0. The molecular weight excluding hydrogens is 256 g/mol. The van der Waals surface area contributed by atoms with Crippen LogP contribution in [0.4, 0.5) is 0 Å². The average Bonchev–Trinajstić information content (AvgIpc) is 2.33. The van der Waals surface area contributed by atoms with Crippen molar-refractivity contribution >= 4 is 29.1 Å². The molecule has 0 heterocycles. The van der Waals surface area contributed by atoms with Crippen molar-refractivity contribution in [1.82, 2.24) is 0 Å². The zero-order valence-electron chi connectivity index (χ0n) is 10.1. The Labute approximate surface area is 112 Å². The fraction of sp³-hybridized carbons (Fsp3) is 0.462. The van der Waals surface area contributed by atoms with E-state index >= 15 is 0 Å². The maximum Gasteiger partial charge on any atom is 0.175 e. The molecule has 2 nitrogen and oxygen atoms in total. The van der Waals surface area contributed by atoms with Gasteiger partial charge in [-0.3, -0.25) is 4.79 Å². The van der Waals surface area contributed by atoms with Gasteiger partial charge in [0.15, 0.2) is 5.78 Å². The third-order valence-electron chi connectivity index (χ3n) is 2.34. The number of hydrogen-bond donors (Lipinski definition) is 0. The summed E-state index contributed by atoms with van der Waals surface area (Å²) in [6.07, 6.45) is 0.967. The van der Waals surface area contributed by atoms with E-state index < -0.39 is 0 Å². The van der Waals surface area contributed by atoms with Gasteiger partial charge in [0, 0.05) is 24.3 Å². The zero-order chi connectivity index (χ0) is 12.7. The van der Waals surface area contributed by atoms with Crippen LogP contribution in [0.15, 0.2) is 24.3 Å². The predicted octanol–water partition coefficient (Wildman–Crippen LogP) is 3.68. The quantitative estimate of drug-likeness (QED) is 0.559. The second kappa shape index (κ2) is 7.75. The van der Waals surface area contributed by atoms with Gasteiger partial charge in [-0.25, -0.2) is 0 Å². The molecule has 0 saturated carbocycles. The molecule has 0 spiro atoms. The number of ether oxygens (including phenoxy) is 1. The summed E-state index contributed by atoms with van der Waals surface area (Å²) in [6.45, 7) is 2.67. The van der Waals surface area contributed by atoms with E-state index in [0.29, 0.717) is 10.6 Å². The second-order valence-electron chi connectivity index (χ2n) is 3.73. The summed E-state index contributed by atoms with van der Waals surface area (Å²) in [5.74, 6) is 1.07. The molecule has 0 N–H and O–H groups in total. The smallest absolute Gasteiger partial charge is 0.175 e. The van der Waals surface area contributed by atoms with Crippen molar-refractivity contribution in [3.63, 3.8) is 0 Å². The van der Waals surface area contributed by atoms with Crippen molar-refractivity contribution in [3.8, 4) is 0 Å². The van der Waals surface area contributed by atoms with E-state index in [-0.39, 0.29) is 11.0 Å². The van der Waals surface area contributed by atoms with Crippen molar-refractivity contribution in [2.24, 2.45) is 0 Å². The van der Waals surface area contributed by atoms with Crippen LogP contribution in [-0.4, -0.2) is 30.5 Å². The van der Waals surface area contributed by atoms with Crippen LogP contribution in [0.1, 0.15) is 23.7 Å². The molecule has 17 heavy (non-hydrogen) atoms. The number of thioether (sulfide) groups is 1. The summed E-state index contributed by atoms with van der Waals surface area (Å²) < 4.78 is 4.97. The molecule has 1 aromatic rings. The van der Waals surface area contributed by atoms with Gasteiger partial charge >= 0.3 is 0 Å². The molecular formula is C13H17ClO2S. The van der Waals surface area contributed by atoms with E-state index in [1.54, 1.807) is 43.1 Å². The Balaban J connectivity index is 2.46. The number of rotatable bonds is 7. The number of halogens is 1. The van der Waals surface area contributed by atoms with Crippen LogP contribution >= 0.6 is 23.4 Å². The SMILES string of the molecule is COCCCSC(C)C(=O)c1cccc(Cl)c1. The first-order valence-electron chi connectivity index (χ1n) is 5.55. The standard InChI is InChI=1S/C13H17ClO2S/c1-10(17-8-4-7-16-2)13(15)11-5-3-6-12(14)9-11/h3,5-6,9-10H,4,7-8H2,1-2H3. The molecule has 0 aliphatic carbocycles. The molecule has 94 valence electrons. The highest BCUT2D eigenvalue weighted by Gasteiger charge is 2.15. The highest BCUT2D eigenvalue weighted by Crippen LogP contribution is 2.19. The summed E-state index contributed by atoms with van der Waals surface area (Å²) >= 11 is 7.52. The van der Waals surface area contributed by atoms with Crippen LogP contribution in [0.5, 0.6) is 0 Å². The Hall–Kier alpha value is -0.510.